The van der Waals surface area contributed by atoms with Crippen molar-refractivity contribution < 1.29 is 9.90 Å². The van der Waals surface area contributed by atoms with Crippen molar-refractivity contribution in [1.29, 1.82) is 0 Å². The minimum Gasteiger partial charge on any atom is -0.476 e. The second-order valence-electron chi connectivity index (χ2n) is 4.64. The van der Waals surface area contributed by atoms with Gasteiger partial charge in [0.05, 0.1) is 18.4 Å². The fourth-order valence-electron chi connectivity index (χ4n) is 2.45. The zero-order valence-corrected chi connectivity index (χ0v) is 11.3. The number of anilines is 1. The molecule has 2 N–H and O–H groups in total. The number of aromatic carboxylic acids is 1. The van der Waals surface area contributed by atoms with E-state index in [4.69, 9.17) is 16.7 Å². The Hall–Kier alpha value is -2.14. The molecular weight excluding hydrogens is 278 g/mol. The van der Waals surface area contributed by atoms with Crippen LogP contribution in [0.3, 0.4) is 0 Å². The van der Waals surface area contributed by atoms with Crippen molar-refractivity contribution in [3.05, 3.63) is 52.4 Å². The Morgan fingerprint density at radius 2 is 2.20 bits per heavy atom. The van der Waals surface area contributed by atoms with Crippen molar-refractivity contribution in [2.75, 3.05) is 5.32 Å². The molecule has 3 rings (SSSR count). The lowest BCUT2D eigenvalue weighted by molar-refractivity contribution is 0.0690. The molecule has 0 radical (unpaired) electrons. The molecule has 20 heavy (non-hydrogen) atoms. The van der Waals surface area contributed by atoms with E-state index >= 15 is 0 Å². The summed E-state index contributed by atoms with van der Waals surface area (Å²) in [6.07, 6.45) is 4.54. The van der Waals surface area contributed by atoms with Gasteiger partial charge in [-0.15, -0.1) is 0 Å². The standard InChI is InChI=1S/C14H12ClN3O2/c15-10-3-1-2-9-8(10)4-5-11(9)18-13-7-16-12(6-17-13)14(19)20/h1-3,6-7,11H,4-5H2,(H,17,18)(H,19,20). The summed E-state index contributed by atoms with van der Waals surface area (Å²) in [6, 6.07) is 6.00. The molecule has 0 bridgehead atoms. The third-order valence-electron chi connectivity index (χ3n) is 3.41. The Balaban J connectivity index is 1.80. The zero-order chi connectivity index (χ0) is 14.1. The van der Waals surface area contributed by atoms with E-state index in [9.17, 15) is 4.79 Å². The highest BCUT2D eigenvalue weighted by Crippen LogP contribution is 2.36. The summed E-state index contributed by atoms with van der Waals surface area (Å²) >= 11 is 6.17. The van der Waals surface area contributed by atoms with Crippen molar-refractivity contribution in [2.24, 2.45) is 0 Å². The Morgan fingerprint density at radius 3 is 2.90 bits per heavy atom. The van der Waals surface area contributed by atoms with Gasteiger partial charge in [0, 0.05) is 5.02 Å². The number of fused-ring (bicyclic) bond motifs is 1. The van der Waals surface area contributed by atoms with Crippen molar-refractivity contribution >= 4 is 23.4 Å². The second kappa shape index (κ2) is 5.09. The molecule has 1 unspecified atom stereocenters. The number of rotatable bonds is 3. The van der Waals surface area contributed by atoms with Gasteiger partial charge in [0.25, 0.3) is 0 Å². The van der Waals surface area contributed by atoms with Crippen LogP contribution < -0.4 is 5.32 Å². The molecule has 0 spiro atoms. The fourth-order valence-corrected chi connectivity index (χ4v) is 2.73. The van der Waals surface area contributed by atoms with Gasteiger partial charge in [-0.25, -0.2) is 14.8 Å². The van der Waals surface area contributed by atoms with Crippen LogP contribution >= 0.6 is 11.6 Å². The van der Waals surface area contributed by atoms with Crippen LogP contribution in [-0.4, -0.2) is 21.0 Å². The molecule has 0 amide bonds. The van der Waals surface area contributed by atoms with Gasteiger partial charge in [-0.05, 0) is 30.0 Å². The minimum atomic E-state index is -1.08. The number of nitrogens with one attached hydrogen (secondary N) is 1. The molecule has 0 saturated heterocycles. The highest BCUT2D eigenvalue weighted by atomic mass is 35.5. The van der Waals surface area contributed by atoms with E-state index in [2.05, 4.69) is 15.3 Å². The largest absolute Gasteiger partial charge is 0.476 e. The third-order valence-corrected chi connectivity index (χ3v) is 3.76. The van der Waals surface area contributed by atoms with Crippen LogP contribution in [-0.2, 0) is 6.42 Å². The van der Waals surface area contributed by atoms with Crippen molar-refractivity contribution in [3.63, 3.8) is 0 Å². The first-order valence-corrected chi connectivity index (χ1v) is 6.62. The summed E-state index contributed by atoms with van der Waals surface area (Å²) in [4.78, 5) is 18.6. The van der Waals surface area contributed by atoms with Gasteiger partial charge >= 0.3 is 5.97 Å². The van der Waals surface area contributed by atoms with Crippen LogP contribution in [0.4, 0.5) is 5.82 Å². The maximum Gasteiger partial charge on any atom is 0.356 e. The molecule has 1 aromatic carbocycles. The van der Waals surface area contributed by atoms with Crippen LogP contribution in [0.2, 0.25) is 5.02 Å². The summed E-state index contributed by atoms with van der Waals surface area (Å²) in [5.74, 6) is -0.519. The lowest BCUT2D eigenvalue weighted by atomic mass is 10.1. The van der Waals surface area contributed by atoms with Gasteiger partial charge in [0.15, 0.2) is 5.69 Å². The summed E-state index contributed by atoms with van der Waals surface area (Å²) in [5, 5.41) is 12.8. The average molecular weight is 290 g/mol. The van der Waals surface area contributed by atoms with E-state index in [1.807, 2.05) is 18.2 Å². The number of carboxylic acid groups (broad SMARTS) is 1. The molecule has 1 aliphatic carbocycles. The normalized spacial score (nSPS) is 16.8. The van der Waals surface area contributed by atoms with E-state index in [1.165, 1.54) is 23.5 Å². The number of aromatic nitrogens is 2. The lowest BCUT2D eigenvalue weighted by Gasteiger charge is -2.14. The molecule has 0 fully saturated rings. The van der Waals surface area contributed by atoms with E-state index in [0.29, 0.717) is 5.82 Å². The predicted molar refractivity (Wildman–Crippen MR) is 75.1 cm³/mol. The molecule has 0 aliphatic heterocycles. The van der Waals surface area contributed by atoms with Crippen molar-refractivity contribution in [3.8, 4) is 0 Å². The van der Waals surface area contributed by atoms with Crippen molar-refractivity contribution in [2.45, 2.75) is 18.9 Å². The first kappa shape index (κ1) is 12.9. The number of carbonyl (C=O) groups is 1. The summed E-state index contributed by atoms with van der Waals surface area (Å²) in [6.45, 7) is 0. The average Bonchev–Trinajstić information content (AvgIpc) is 2.84. The van der Waals surface area contributed by atoms with Gasteiger partial charge in [-0.2, -0.15) is 0 Å². The molecule has 1 atom stereocenters. The van der Waals surface area contributed by atoms with Crippen LogP contribution in [0.5, 0.6) is 0 Å². The first-order valence-electron chi connectivity index (χ1n) is 6.24. The molecular formula is C14H12ClN3O2. The molecule has 1 aliphatic rings. The quantitative estimate of drug-likeness (QED) is 0.908. The van der Waals surface area contributed by atoms with Crippen LogP contribution in [0.1, 0.15) is 34.1 Å². The molecule has 1 heterocycles. The molecule has 0 saturated carbocycles. The van der Waals surface area contributed by atoms with E-state index in [1.54, 1.807) is 0 Å². The summed E-state index contributed by atoms with van der Waals surface area (Å²) in [7, 11) is 0. The van der Waals surface area contributed by atoms with E-state index in [-0.39, 0.29) is 11.7 Å². The molecule has 6 heteroatoms. The highest BCUT2D eigenvalue weighted by Gasteiger charge is 2.24. The van der Waals surface area contributed by atoms with Gasteiger partial charge in [-0.1, -0.05) is 23.7 Å². The van der Waals surface area contributed by atoms with Gasteiger partial charge in [-0.3, -0.25) is 0 Å². The van der Waals surface area contributed by atoms with Gasteiger partial charge in [0.2, 0.25) is 0 Å². The maximum absolute atomic E-state index is 10.7. The minimum absolute atomic E-state index is 0.0644. The molecule has 2 aromatic rings. The SMILES string of the molecule is O=C(O)c1cnc(NC2CCc3c(Cl)cccc32)cn1. The summed E-state index contributed by atoms with van der Waals surface area (Å²) in [5.41, 5.74) is 2.27. The number of hydrogen-bond acceptors (Lipinski definition) is 4. The lowest BCUT2D eigenvalue weighted by Crippen LogP contribution is -2.10. The smallest absolute Gasteiger partial charge is 0.356 e. The molecule has 102 valence electrons. The number of hydrogen-bond donors (Lipinski definition) is 2. The highest BCUT2D eigenvalue weighted by molar-refractivity contribution is 6.31. The van der Waals surface area contributed by atoms with Crippen LogP contribution in [0.25, 0.3) is 0 Å². The van der Waals surface area contributed by atoms with Gasteiger partial charge < -0.3 is 10.4 Å². The Bertz CT molecular complexity index is 658. The Morgan fingerprint density at radius 1 is 1.35 bits per heavy atom. The number of benzene rings is 1. The van der Waals surface area contributed by atoms with Crippen molar-refractivity contribution in [1.82, 2.24) is 9.97 Å². The van der Waals surface area contributed by atoms with Crippen LogP contribution in [0, 0.1) is 0 Å². The molecule has 5 nitrogen and oxygen atoms in total. The maximum atomic E-state index is 10.7. The fraction of sp³-hybridized carbons (Fsp3) is 0.214. The van der Waals surface area contributed by atoms with E-state index in [0.717, 1.165) is 17.9 Å². The molecule has 1 aromatic heterocycles. The Kier molecular flexibility index (Phi) is 3.28. The number of halogens is 1. The first-order chi connectivity index (χ1) is 9.65. The van der Waals surface area contributed by atoms with E-state index < -0.39 is 5.97 Å². The second-order valence-corrected chi connectivity index (χ2v) is 5.04. The van der Waals surface area contributed by atoms with Crippen LogP contribution in [0.15, 0.2) is 30.6 Å². The van der Waals surface area contributed by atoms with Gasteiger partial charge in [0.1, 0.15) is 5.82 Å². The number of nitrogens with zero attached hydrogens (tertiary/aromatic N) is 2. The third kappa shape index (κ3) is 2.32. The predicted octanol–water partition coefficient (Wildman–Crippen LogP) is 2.93. The summed E-state index contributed by atoms with van der Waals surface area (Å²) < 4.78 is 0. The zero-order valence-electron chi connectivity index (χ0n) is 10.5. The number of carboxylic acids is 1. The topological polar surface area (TPSA) is 75.1 Å². The monoisotopic (exact) mass is 289 g/mol. The Labute approximate surface area is 120 Å².